The van der Waals surface area contributed by atoms with Crippen molar-refractivity contribution in [3.8, 4) is 0 Å². The molecule has 0 fully saturated rings. The molecular formula is C10H18O2. The molecule has 0 amide bonds. The van der Waals surface area contributed by atoms with Crippen molar-refractivity contribution in [1.82, 2.24) is 0 Å². The van der Waals surface area contributed by atoms with Gasteiger partial charge in [-0.15, -0.1) is 0 Å². The Morgan fingerprint density at radius 2 is 2.08 bits per heavy atom. The van der Waals surface area contributed by atoms with Gasteiger partial charge in [0.15, 0.2) is 0 Å². The summed E-state index contributed by atoms with van der Waals surface area (Å²) < 4.78 is 4.88. The zero-order valence-corrected chi connectivity index (χ0v) is 8.22. The molecule has 0 saturated heterocycles. The molecule has 2 nitrogen and oxygen atoms in total. The zero-order chi connectivity index (χ0) is 9.40. The first-order valence-corrected chi connectivity index (χ1v) is 4.52. The Balaban J connectivity index is 3.74. The van der Waals surface area contributed by atoms with Crippen LogP contribution in [-0.4, -0.2) is 12.6 Å². The van der Waals surface area contributed by atoms with E-state index in [2.05, 4.69) is 19.9 Å². The third-order valence-corrected chi connectivity index (χ3v) is 1.64. The summed E-state index contributed by atoms with van der Waals surface area (Å²) in [5, 5.41) is 0. The average molecular weight is 170 g/mol. The summed E-state index contributed by atoms with van der Waals surface area (Å²) in [4.78, 5) is 10.5. The molecule has 70 valence electrons. The molecule has 0 aromatic carbocycles. The van der Waals surface area contributed by atoms with Crippen LogP contribution < -0.4 is 0 Å². The van der Waals surface area contributed by atoms with Crippen molar-refractivity contribution >= 4 is 5.97 Å². The van der Waals surface area contributed by atoms with E-state index in [4.69, 9.17) is 4.74 Å². The van der Waals surface area contributed by atoms with Crippen molar-refractivity contribution in [2.24, 2.45) is 0 Å². The van der Waals surface area contributed by atoms with Crippen LogP contribution >= 0.6 is 0 Å². The van der Waals surface area contributed by atoms with Gasteiger partial charge in [0.25, 0.3) is 0 Å². The molecule has 0 aromatic rings. The Bertz CT molecular complexity index is 159. The lowest BCUT2D eigenvalue weighted by molar-refractivity contribution is -0.140. The molecule has 0 N–H and O–H groups in total. The van der Waals surface area contributed by atoms with Crippen molar-refractivity contribution in [2.45, 2.75) is 40.0 Å². The third-order valence-electron chi connectivity index (χ3n) is 1.64. The summed E-state index contributed by atoms with van der Waals surface area (Å²) in [5.74, 6) is -0.203. The standard InChI is InChI=1S/C10H18O2/c1-4-6-7-10(5-2)8-12-9(3)11/h7H,4-6,8H2,1-3H3. The van der Waals surface area contributed by atoms with Gasteiger partial charge in [-0.1, -0.05) is 26.3 Å². The van der Waals surface area contributed by atoms with Crippen LogP contribution in [0.3, 0.4) is 0 Å². The molecule has 0 aliphatic rings. The van der Waals surface area contributed by atoms with Crippen molar-refractivity contribution in [2.75, 3.05) is 6.61 Å². The SMILES string of the molecule is CCCC=C(CC)COC(C)=O. The fraction of sp³-hybridized carbons (Fsp3) is 0.700. The predicted molar refractivity (Wildman–Crippen MR) is 49.9 cm³/mol. The van der Waals surface area contributed by atoms with E-state index in [-0.39, 0.29) is 5.97 Å². The predicted octanol–water partition coefficient (Wildman–Crippen LogP) is 2.69. The molecule has 0 bridgehead atoms. The number of hydrogen-bond acceptors (Lipinski definition) is 2. The van der Waals surface area contributed by atoms with Crippen LogP contribution in [0.5, 0.6) is 0 Å². The number of carbonyl (C=O) groups is 1. The van der Waals surface area contributed by atoms with Gasteiger partial charge < -0.3 is 4.74 Å². The minimum Gasteiger partial charge on any atom is -0.461 e. The maximum absolute atomic E-state index is 10.5. The van der Waals surface area contributed by atoms with E-state index >= 15 is 0 Å². The van der Waals surface area contributed by atoms with E-state index in [1.807, 2.05) is 0 Å². The van der Waals surface area contributed by atoms with E-state index in [0.717, 1.165) is 19.3 Å². The lowest BCUT2D eigenvalue weighted by Crippen LogP contribution is -2.02. The molecule has 0 spiro atoms. The number of unbranched alkanes of at least 4 members (excludes halogenated alkanes) is 1. The molecule has 0 aliphatic carbocycles. The molecule has 0 unspecified atom stereocenters. The van der Waals surface area contributed by atoms with Gasteiger partial charge in [-0.05, 0) is 18.4 Å². The van der Waals surface area contributed by atoms with Crippen LogP contribution in [0.2, 0.25) is 0 Å². The average Bonchev–Trinajstić information content (AvgIpc) is 2.05. The number of hydrogen-bond donors (Lipinski definition) is 0. The zero-order valence-electron chi connectivity index (χ0n) is 8.22. The smallest absolute Gasteiger partial charge is 0.302 e. The maximum Gasteiger partial charge on any atom is 0.302 e. The van der Waals surface area contributed by atoms with Crippen LogP contribution in [0.25, 0.3) is 0 Å². The fourth-order valence-corrected chi connectivity index (χ4v) is 0.848. The highest BCUT2D eigenvalue weighted by molar-refractivity contribution is 5.66. The minimum absolute atomic E-state index is 0.203. The third kappa shape index (κ3) is 5.96. The summed E-state index contributed by atoms with van der Waals surface area (Å²) in [6.07, 6.45) is 5.34. The Hall–Kier alpha value is -0.790. The highest BCUT2D eigenvalue weighted by Gasteiger charge is 1.96. The van der Waals surface area contributed by atoms with Gasteiger partial charge in [0.05, 0.1) is 0 Å². The van der Waals surface area contributed by atoms with Gasteiger partial charge >= 0.3 is 5.97 Å². The molecule has 0 saturated carbocycles. The fourth-order valence-electron chi connectivity index (χ4n) is 0.848. The van der Waals surface area contributed by atoms with Crippen molar-refractivity contribution in [1.29, 1.82) is 0 Å². The first kappa shape index (κ1) is 11.2. The number of esters is 1. The minimum atomic E-state index is -0.203. The summed E-state index contributed by atoms with van der Waals surface area (Å²) in [6.45, 7) is 6.11. The summed E-state index contributed by atoms with van der Waals surface area (Å²) in [6, 6.07) is 0. The maximum atomic E-state index is 10.5. The van der Waals surface area contributed by atoms with Crippen LogP contribution in [0, 0.1) is 0 Å². The molecule has 12 heavy (non-hydrogen) atoms. The molecule has 0 rings (SSSR count). The second-order valence-corrected chi connectivity index (χ2v) is 2.78. The Morgan fingerprint density at radius 1 is 1.42 bits per heavy atom. The monoisotopic (exact) mass is 170 g/mol. The van der Waals surface area contributed by atoms with Crippen LogP contribution in [0.4, 0.5) is 0 Å². The first-order chi connectivity index (χ1) is 5.70. The van der Waals surface area contributed by atoms with Gasteiger partial charge in [-0.25, -0.2) is 0 Å². The summed E-state index contributed by atoms with van der Waals surface area (Å²) >= 11 is 0. The van der Waals surface area contributed by atoms with E-state index < -0.39 is 0 Å². The molecule has 2 heteroatoms. The molecule has 0 atom stereocenters. The lowest BCUT2D eigenvalue weighted by Gasteiger charge is -2.04. The highest BCUT2D eigenvalue weighted by Crippen LogP contribution is 2.04. The summed E-state index contributed by atoms with van der Waals surface area (Å²) in [7, 11) is 0. The number of allylic oxidation sites excluding steroid dienone is 1. The van der Waals surface area contributed by atoms with Crippen molar-refractivity contribution in [3.05, 3.63) is 11.6 Å². The Morgan fingerprint density at radius 3 is 2.50 bits per heavy atom. The number of ether oxygens (including phenoxy) is 1. The largest absolute Gasteiger partial charge is 0.461 e. The quantitative estimate of drug-likeness (QED) is 0.468. The topological polar surface area (TPSA) is 26.3 Å². The van der Waals surface area contributed by atoms with E-state index in [1.165, 1.54) is 12.5 Å². The van der Waals surface area contributed by atoms with Crippen LogP contribution in [-0.2, 0) is 9.53 Å². The molecule has 0 aliphatic heterocycles. The second kappa shape index (κ2) is 6.89. The first-order valence-electron chi connectivity index (χ1n) is 4.52. The van der Waals surface area contributed by atoms with E-state index in [9.17, 15) is 4.79 Å². The van der Waals surface area contributed by atoms with Gasteiger partial charge in [0.1, 0.15) is 6.61 Å². The number of carbonyl (C=O) groups excluding carboxylic acids is 1. The normalized spacial score (nSPS) is 11.4. The van der Waals surface area contributed by atoms with Gasteiger partial charge in [0, 0.05) is 6.92 Å². The van der Waals surface area contributed by atoms with E-state index in [0.29, 0.717) is 6.61 Å². The summed E-state index contributed by atoms with van der Waals surface area (Å²) in [5.41, 5.74) is 1.21. The molecule has 0 aromatic heterocycles. The van der Waals surface area contributed by atoms with Crippen LogP contribution in [0.1, 0.15) is 40.0 Å². The van der Waals surface area contributed by atoms with Gasteiger partial charge in [0.2, 0.25) is 0 Å². The highest BCUT2D eigenvalue weighted by atomic mass is 16.5. The molecule has 0 heterocycles. The van der Waals surface area contributed by atoms with Crippen LogP contribution in [0.15, 0.2) is 11.6 Å². The molecular weight excluding hydrogens is 152 g/mol. The second-order valence-electron chi connectivity index (χ2n) is 2.78. The van der Waals surface area contributed by atoms with Gasteiger partial charge in [-0.3, -0.25) is 4.79 Å². The number of rotatable bonds is 5. The van der Waals surface area contributed by atoms with Gasteiger partial charge in [-0.2, -0.15) is 0 Å². The Labute approximate surface area is 74.6 Å². The molecule has 0 radical (unpaired) electrons. The van der Waals surface area contributed by atoms with E-state index in [1.54, 1.807) is 0 Å². The lowest BCUT2D eigenvalue weighted by atomic mass is 10.1. The Kier molecular flexibility index (Phi) is 6.44. The van der Waals surface area contributed by atoms with Crippen molar-refractivity contribution < 1.29 is 9.53 Å². The van der Waals surface area contributed by atoms with Crippen molar-refractivity contribution in [3.63, 3.8) is 0 Å².